The number of hydrazine groups is 1. The first-order chi connectivity index (χ1) is 3.13. The maximum absolute atomic E-state index is 9.76. The van der Waals surface area contributed by atoms with Crippen LogP contribution < -0.4 is 11.2 Å². The number of hydrogen-bond donors (Lipinski definition) is 2. The Morgan fingerprint density at radius 1 is 1.86 bits per heavy atom. The van der Waals surface area contributed by atoms with Crippen LogP contribution in [0.15, 0.2) is 0 Å². The molecule has 0 aliphatic rings. The molecule has 0 heterocycles. The normalized spacial score (nSPS) is 7.57. The van der Waals surface area contributed by atoms with Crippen LogP contribution >= 0.6 is 0 Å². The summed E-state index contributed by atoms with van der Waals surface area (Å²) in [5.41, 5.74) is 6.22. The van der Waals surface area contributed by atoms with Crippen LogP contribution in [-0.4, -0.2) is 17.9 Å². The number of hydrogen-bond acceptors (Lipinski definition) is 2. The van der Waals surface area contributed by atoms with Crippen LogP contribution in [0.2, 0.25) is 0 Å². The highest BCUT2D eigenvalue weighted by atomic mass is 16.3. The zero-order valence-electron chi connectivity index (χ0n) is 3.84. The Labute approximate surface area is 40.0 Å². The molecule has 0 saturated carbocycles. The lowest BCUT2D eigenvalue weighted by molar-refractivity contribution is -0.564. The number of rotatable bonds is 1. The second-order valence-corrected chi connectivity index (χ2v) is 0.974. The van der Waals surface area contributed by atoms with Crippen molar-refractivity contribution in [2.75, 3.05) is 7.05 Å². The van der Waals surface area contributed by atoms with Crippen molar-refractivity contribution in [1.29, 1.82) is 0 Å². The van der Waals surface area contributed by atoms with Crippen molar-refractivity contribution >= 4 is 6.03 Å². The molecule has 5 heteroatoms. The molecule has 0 aromatic rings. The molecule has 7 heavy (non-hydrogen) atoms. The van der Waals surface area contributed by atoms with Crippen molar-refractivity contribution in [2.45, 2.75) is 0 Å². The maximum atomic E-state index is 9.76. The minimum absolute atomic E-state index is 0.225. The van der Waals surface area contributed by atoms with Gasteiger partial charge in [-0.3, -0.25) is 0 Å². The Balaban J connectivity index is 3.32. The zero-order chi connectivity index (χ0) is 5.86. The fourth-order valence-electron chi connectivity index (χ4n) is 0.155. The first-order valence-electron chi connectivity index (χ1n) is 1.60. The van der Waals surface area contributed by atoms with Gasteiger partial charge in [0.25, 0.3) is 0 Å². The van der Waals surface area contributed by atoms with E-state index in [1.807, 2.05) is 0 Å². The lowest BCUT2D eigenvalue weighted by Crippen LogP contribution is -2.34. The van der Waals surface area contributed by atoms with Crippen molar-refractivity contribution < 1.29 is 9.66 Å². The summed E-state index contributed by atoms with van der Waals surface area (Å²) in [6.07, 6.45) is 0. The number of nitroso groups, excluding NO2 is 1. The molecule has 0 aliphatic heterocycles. The van der Waals surface area contributed by atoms with E-state index in [0.29, 0.717) is 0 Å². The van der Waals surface area contributed by atoms with Gasteiger partial charge in [-0.05, 0) is 0 Å². The van der Waals surface area contributed by atoms with Gasteiger partial charge < -0.3 is 5.73 Å². The monoisotopic (exact) mass is 104 g/mol. The Bertz CT molecular complexity index is 87.1. The van der Waals surface area contributed by atoms with E-state index in [2.05, 4.69) is 5.73 Å². The topological polar surface area (TPSA) is 75.2 Å². The Hall–Kier alpha value is -1.13. The summed E-state index contributed by atoms with van der Waals surface area (Å²) in [6, 6.07) is -0.850. The van der Waals surface area contributed by atoms with Crippen molar-refractivity contribution in [3.05, 3.63) is 4.91 Å². The molecule has 0 rings (SSSR count). The number of nitrogens with one attached hydrogen (secondary N) is 1. The van der Waals surface area contributed by atoms with E-state index in [1.165, 1.54) is 0 Å². The number of amides is 2. The summed E-state index contributed by atoms with van der Waals surface area (Å²) >= 11 is 0. The van der Waals surface area contributed by atoms with Crippen LogP contribution in [-0.2, 0) is 0 Å². The van der Waals surface area contributed by atoms with Crippen LogP contribution in [0.3, 0.4) is 0 Å². The molecular formula is C2H6N3O2+. The van der Waals surface area contributed by atoms with Crippen LogP contribution in [0, 0.1) is 4.91 Å². The lowest BCUT2D eigenvalue weighted by atomic mass is 11.1. The maximum Gasteiger partial charge on any atom is 0.368 e. The number of nitrogens with two attached hydrogens (primary N) is 1. The van der Waals surface area contributed by atoms with E-state index >= 15 is 0 Å². The minimum atomic E-state index is -0.850. The zero-order valence-corrected chi connectivity index (χ0v) is 3.84. The smallest absolute Gasteiger partial charge is 0.347 e. The minimum Gasteiger partial charge on any atom is -0.347 e. The first-order valence-corrected chi connectivity index (χ1v) is 1.60. The Morgan fingerprint density at radius 2 is 2.29 bits per heavy atom. The molecule has 0 unspecified atom stereocenters. The predicted molar refractivity (Wildman–Crippen MR) is 22.3 cm³/mol. The number of nitrogens with zero attached hydrogens (tertiary/aromatic N) is 1. The van der Waals surface area contributed by atoms with E-state index in [1.54, 1.807) is 5.43 Å². The average Bonchev–Trinajstić information content (AvgIpc) is 1.27. The number of carbonyl (C=O) groups excluding carboxylic acids is 1. The van der Waals surface area contributed by atoms with Gasteiger partial charge in [0.2, 0.25) is 7.05 Å². The van der Waals surface area contributed by atoms with E-state index < -0.39 is 6.03 Å². The fraction of sp³-hybridized carbons (Fsp3) is 0.500. The van der Waals surface area contributed by atoms with Gasteiger partial charge in [-0.15, -0.1) is 0 Å². The molecule has 0 spiro atoms. The summed E-state index contributed by atoms with van der Waals surface area (Å²) in [6.45, 7) is 0. The number of primary amides is 1. The van der Waals surface area contributed by atoms with E-state index in [9.17, 15) is 9.70 Å². The quantitative estimate of drug-likeness (QED) is 0.330. The molecule has 40 valence electrons. The summed E-state index contributed by atoms with van der Waals surface area (Å²) in [5.74, 6) is 0. The van der Waals surface area contributed by atoms with Gasteiger partial charge in [-0.25, -0.2) is 4.79 Å². The summed E-state index contributed by atoms with van der Waals surface area (Å²) in [7, 11) is 1.13. The third kappa shape index (κ3) is 4.87. The highest BCUT2D eigenvalue weighted by Gasteiger charge is 1.97. The predicted octanol–water partition coefficient (Wildman–Crippen LogP) is -1.02. The van der Waals surface area contributed by atoms with Crippen molar-refractivity contribution in [1.82, 2.24) is 5.43 Å². The molecule has 3 N–H and O–H groups in total. The van der Waals surface area contributed by atoms with Gasteiger partial charge in [0, 0.05) is 0 Å². The standard InChI is InChI=1S/C2H5N3O2/c1-5(7)4-2(3)6/h1H3,(H2-,3,4,6,7)/p+1. The van der Waals surface area contributed by atoms with E-state index in [4.69, 9.17) is 0 Å². The van der Waals surface area contributed by atoms with E-state index in [0.717, 1.165) is 7.05 Å². The Morgan fingerprint density at radius 3 is 2.29 bits per heavy atom. The van der Waals surface area contributed by atoms with Crippen molar-refractivity contribution in [2.24, 2.45) is 5.73 Å². The molecule has 2 amide bonds. The molecule has 0 aliphatic carbocycles. The number of carbonyl (C=O) groups is 1. The van der Waals surface area contributed by atoms with Gasteiger partial charge >= 0.3 is 6.03 Å². The molecular weight excluding hydrogens is 98.0 g/mol. The third-order valence-electron chi connectivity index (χ3n) is 0.268. The van der Waals surface area contributed by atoms with Crippen molar-refractivity contribution in [3.63, 3.8) is 0 Å². The average molecular weight is 104 g/mol. The molecule has 0 aromatic heterocycles. The summed E-state index contributed by atoms with van der Waals surface area (Å²) < 4.78 is 0. The second kappa shape index (κ2) is 2.12. The summed E-state index contributed by atoms with van der Waals surface area (Å²) in [5, 5.41) is 0. The third-order valence-corrected chi connectivity index (χ3v) is 0.268. The molecule has 0 fully saturated rings. The van der Waals surface area contributed by atoms with Gasteiger partial charge in [0.1, 0.15) is 4.87 Å². The van der Waals surface area contributed by atoms with Crippen LogP contribution in [0.4, 0.5) is 4.79 Å². The van der Waals surface area contributed by atoms with Crippen molar-refractivity contribution in [3.8, 4) is 0 Å². The van der Waals surface area contributed by atoms with Crippen LogP contribution in [0.1, 0.15) is 0 Å². The van der Waals surface area contributed by atoms with Gasteiger partial charge in [-0.1, -0.05) is 5.43 Å². The summed E-state index contributed by atoms with van der Waals surface area (Å²) in [4.78, 5) is 19.7. The number of urea groups is 1. The molecule has 5 nitrogen and oxygen atoms in total. The lowest BCUT2D eigenvalue weighted by Gasteiger charge is -1.80. The second-order valence-electron chi connectivity index (χ2n) is 0.974. The first kappa shape index (κ1) is 5.87. The SMILES string of the molecule is C[N+](=O)NC(N)=O. The highest BCUT2D eigenvalue weighted by Crippen LogP contribution is 1.51. The van der Waals surface area contributed by atoms with Crippen LogP contribution in [0.25, 0.3) is 0 Å². The van der Waals surface area contributed by atoms with Gasteiger partial charge in [0.05, 0.1) is 4.91 Å². The largest absolute Gasteiger partial charge is 0.368 e. The van der Waals surface area contributed by atoms with Gasteiger partial charge in [0.15, 0.2) is 0 Å². The molecule has 0 bridgehead atoms. The molecule has 0 saturated heterocycles. The van der Waals surface area contributed by atoms with E-state index in [-0.39, 0.29) is 4.87 Å². The molecule has 0 radical (unpaired) electrons. The van der Waals surface area contributed by atoms with Gasteiger partial charge in [-0.2, -0.15) is 0 Å². The van der Waals surface area contributed by atoms with Crippen LogP contribution in [0.5, 0.6) is 0 Å². The highest BCUT2D eigenvalue weighted by molar-refractivity contribution is 5.69. The molecule has 0 atom stereocenters. The molecule has 0 aromatic carbocycles. The fourth-order valence-corrected chi connectivity index (χ4v) is 0.155. The Kier molecular flexibility index (Phi) is 1.78.